The molecule has 0 fully saturated rings. The first-order chi connectivity index (χ1) is 11.2. The van der Waals surface area contributed by atoms with Crippen molar-refractivity contribution in [2.24, 2.45) is 0 Å². The Kier molecular flexibility index (Phi) is 6.92. The van der Waals surface area contributed by atoms with Gasteiger partial charge in [-0.3, -0.25) is 0 Å². The molecule has 0 unspecified atom stereocenters. The molecule has 0 saturated heterocycles. The molecule has 23 heavy (non-hydrogen) atoms. The van der Waals surface area contributed by atoms with E-state index in [1.165, 1.54) is 38.2 Å². The van der Waals surface area contributed by atoms with Gasteiger partial charge >= 0.3 is 0 Å². The second-order valence-electron chi connectivity index (χ2n) is 5.80. The molecule has 3 heteroatoms. The SMILES string of the molecule is CCCCCCCCOc1ccc(-c2ccc(O)cc2F)cc1. The molecule has 2 aromatic rings. The summed E-state index contributed by atoms with van der Waals surface area (Å²) in [6.07, 6.45) is 7.44. The van der Waals surface area contributed by atoms with Crippen molar-refractivity contribution in [1.29, 1.82) is 0 Å². The minimum Gasteiger partial charge on any atom is -0.508 e. The van der Waals surface area contributed by atoms with Gasteiger partial charge in [0.15, 0.2) is 0 Å². The van der Waals surface area contributed by atoms with Crippen LogP contribution < -0.4 is 4.74 Å². The summed E-state index contributed by atoms with van der Waals surface area (Å²) in [5.74, 6) is 0.317. The van der Waals surface area contributed by atoms with Crippen molar-refractivity contribution in [3.63, 3.8) is 0 Å². The van der Waals surface area contributed by atoms with E-state index >= 15 is 0 Å². The van der Waals surface area contributed by atoms with E-state index in [0.717, 1.165) is 30.4 Å². The highest BCUT2D eigenvalue weighted by Gasteiger charge is 2.06. The van der Waals surface area contributed by atoms with Gasteiger partial charge in [0.2, 0.25) is 0 Å². The van der Waals surface area contributed by atoms with Crippen molar-refractivity contribution < 1.29 is 14.2 Å². The van der Waals surface area contributed by atoms with E-state index in [1.807, 2.05) is 24.3 Å². The largest absolute Gasteiger partial charge is 0.508 e. The molecule has 0 atom stereocenters. The number of benzene rings is 2. The monoisotopic (exact) mass is 316 g/mol. The molecule has 2 rings (SSSR count). The Balaban J connectivity index is 1.80. The van der Waals surface area contributed by atoms with Gasteiger partial charge in [-0.15, -0.1) is 0 Å². The third-order valence-corrected chi connectivity index (χ3v) is 3.88. The van der Waals surface area contributed by atoms with Gasteiger partial charge in [-0.05, 0) is 36.2 Å². The molecule has 0 aliphatic carbocycles. The van der Waals surface area contributed by atoms with Crippen LogP contribution in [-0.2, 0) is 0 Å². The van der Waals surface area contributed by atoms with Crippen LogP contribution in [-0.4, -0.2) is 11.7 Å². The molecule has 0 radical (unpaired) electrons. The molecular formula is C20H25FO2. The Morgan fingerprint density at radius 3 is 2.30 bits per heavy atom. The second-order valence-corrected chi connectivity index (χ2v) is 5.80. The van der Waals surface area contributed by atoms with Crippen LogP contribution in [0.1, 0.15) is 45.4 Å². The van der Waals surface area contributed by atoms with E-state index in [2.05, 4.69) is 6.92 Å². The van der Waals surface area contributed by atoms with Crippen LogP contribution in [0.3, 0.4) is 0 Å². The Morgan fingerprint density at radius 2 is 1.61 bits per heavy atom. The number of rotatable bonds is 9. The summed E-state index contributed by atoms with van der Waals surface area (Å²) in [5.41, 5.74) is 1.25. The standard InChI is InChI=1S/C20H25FO2/c1-2-3-4-5-6-7-14-23-18-11-8-16(9-12-18)19-13-10-17(22)15-20(19)21/h8-13,15,22H,2-7,14H2,1H3. The Bertz CT molecular complexity index is 593. The van der Waals surface area contributed by atoms with Gasteiger partial charge in [0, 0.05) is 11.6 Å². The summed E-state index contributed by atoms with van der Waals surface area (Å²) >= 11 is 0. The fraction of sp³-hybridized carbons (Fsp3) is 0.400. The number of ether oxygens (including phenoxy) is 1. The first-order valence-corrected chi connectivity index (χ1v) is 8.42. The van der Waals surface area contributed by atoms with Crippen LogP contribution in [0.25, 0.3) is 11.1 Å². The third kappa shape index (κ3) is 5.59. The van der Waals surface area contributed by atoms with Crippen LogP contribution in [0.4, 0.5) is 4.39 Å². The normalized spacial score (nSPS) is 10.7. The number of hydrogen-bond donors (Lipinski definition) is 1. The maximum Gasteiger partial charge on any atom is 0.134 e. The minimum atomic E-state index is -0.425. The lowest BCUT2D eigenvalue weighted by Gasteiger charge is -2.08. The van der Waals surface area contributed by atoms with Crippen molar-refractivity contribution in [3.8, 4) is 22.6 Å². The van der Waals surface area contributed by atoms with E-state index in [9.17, 15) is 9.50 Å². The first-order valence-electron chi connectivity index (χ1n) is 8.42. The summed E-state index contributed by atoms with van der Waals surface area (Å²) < 4.78 is 19.5. The number of phenolic OH excluding ortho intramolecular Hbond substituents is 1. The Labute approximate surface area is 137 Å². The molecule has 0 aliphatic heterocycles. The number of halogens is 1. The molecule has 0 aromatic heterocycles. The van der Waals surface area contributed by atoms with E-state index in [1.54, 1.807) is 6.07 Å². The van der Waals surface area contributed by atoms with E-state index in [4.69, 9.17) is 4.74 Å². The van der Waals surface area contributed by atoms with Crippen molar-refractivity contribution in [2.75, 3.05) is 6.61 Å². The zero-order valence-electron chi connectivity index (χ0n) is 13.7. The van der Waals surface area contributed by atoms with Crippen molar-refractivity contribution in [1.82, 2.24) is 0 Å². The summed E-state index contributed by atoms with van der Waals surface area (Å²) in [5, 5.41) is 9.26. The molecule has 2 aromatic carbocycles. The number of aromatic hydroxyl groups is 1. The predicted octanol–water partition coefficient (Wildman–Crippen LogP) is 5.94. The predicted molar refractivity (Wildman–Crippen MR) is 92.4 cm³/mol. The highest BCUT2D eigenvalue weighted by atomic mass is 19.1. The summed E-state index contributed by atoms with van der Waals surface area (Å²) in [6, 6.07) is 11.6. The zero-order chi connectivity index (χ0) is 16.5. The van der Waals surface area contributed by atoms with Crippen molar-refractivity contribution >= 4 is 0 Å². The minimum absolute atomic E-state index is 0.0647. The van der Waals surface area contributed by atoms with Gasteiger partial charge in [-0.2, -0.15) is 0 Å². The lowest BCUT2D eigenvalue weighted by molar-refractivity contribution is 0.304. The fourth-order valence-corrected chi connectivity index (χ4v) is 2.54. The molecular weight excluding hydrogens is 291 g/mol. The zero-order valence-corrected chi connectivity index (χ0v) is 13.7. The molecule has 0 saturated carbocycles. The molecule has 2 nitrogen and oxygen atoms in total. The number of phenols is 1. The summed E-state index contributed by atoms with van der Waals surface area (Å²) in [4.78, 5) is 0. The molecule has 0 bridgehead atoms. The van der Waals surface area contributed by atoms with Gasteiger partial charge < -0.3 is 9.84 Å². The molecule has 0 aliphatic rings. The molecule has 0 heterocycles. The first kappa shape index (κ1) is 17.3. The van der Waals surface area contributed by atoms with Gasteiger partial charge in [0.05, 0.1) is 6.61 Å². The molecule has 124 valence electrons. The fourth-order valence-electron chi connectivity index (χ4n) is 2.54. The maximum atomic E-state index is 13.8. The molecule has 0 spiro atoms. The average Bonchev–Trinajstić information content (AvgIpc) is 2.55. The Morgan fingerprint density at radius 1 is 0.913 bits per heavy atom. The summed E-state index contributed by atoms with van der Waals surface area (Å²) in [6.45, 7) is 2.94. The quantitative estimate of drug-likeness (QED) is 0.580. The average molecular weight is 316 g/mol. The van der Waals surface area contributed by atoms with Crippen LogP contribution >= 0.6 is 0 Å². The summed E-state index contributed by atoms with van der Waals surface area (Å²) in [7, 11) is 0. The lowest BCUT2D eigenvalue weighted by atomic mass is 10.0. The number of unbranched alkanes of at least 4 members (excludes halogenated alkanes) is 5. The topological polar surface area (TPSA) is 29.5 Å². The highest BCUT2D eigenvalue weighted by molar-refractivity contribution is 5.65. The van der Waals surface area contributed by atoms with Crippen LogP contribution in [0.15, 0.2) is 42.5 Å². The Hall–Kier alpha value is -2.03. The lowest BCUT2D eigenvalue weighted by Crippen LogP contribution is -1.97. The third-order valence-electron chi connectivity index (χ3n) is 3.88. The maximum absolute atomic E-state index is 13.8. The van der Waals surface area contributed by atoms with Crippen molar-refractivity contribution in [2.45, 2.75) is 45.4 Å². The van der Waals surface area contributed by atoms with E-state index in [0.29, 0.717) is 5.56 Å². The van der Waals surface area contributed by atoms with E-state index in [-0.39, 0.29) is 5.75 Å². The van der Waals surface area contributed by atoms with Crippen LogP contribution in [0.2, 0.25) is 0 Å². The molecule has 1 N–H and O–H groups in total. The van der Waals surface area contributed by atoms with Crippen LogP contribution in [0.5, 0.6) is 11.5 Å². The van der Waals surface area contributed by atoms with Gasteiger partial charge in [0.25, 0.3) is 0 Å². The number of hydrogen-bond acceptors (Lipinski definition) is 2. The van der Waals surface area contributed by atoms with Crippen LogP contribution in [0, 0.1) is 5.82 Å². The van der Waals surface area contributed by atoms with Gasteiger partial charge in [0.1, 0.15) is 17.3 Å². The van der Waals surface area contributed by atoms with Gasteiger partial charge in [-0.25, -0.2) is 4.39 Å². The van der Waals surface area contributed by atoms with E-state index < -0.39 is 5.82 Å². The second kappa shape index (κ2) is 9.19. The molecule has 0 amide bonds. The highest BCUT2D eigenvalue weighted by Crippen LogP contribution is 2.27. The van der Waals surface area contributed by atoms with Crippen molar-refractivity contribution in [3.05, 3.63) is 48.3 Å². The van der Waals surface area contributed by atoms with Gasteiger partial charge in [-0.1, -0.05) is 51.2 Å². The smallest absolute Gasteiger partial charge is 0.134 e.